The lowest BCUT2D eigenvalue weighted by atomic mass is 9.33. The van der Waals surface area contributed by atoms with Crippen LogP contribution in [0.3, 0.4) is 0 Å². The number of hydrogen-bond donors (Lipinski definition) is 0. The van der Waals surface area contributed by atoms with Gasteiger partial charge in [0.15, 0.2) is 17.5 Å². The molecule has 17 rings (SSSR count). The first kappa shape index (κ1) is 54.0. The van der Waals surface area contributed by atoms with Gasteiger partial charge in [-0.3, -0.25) is 0 Å². The average Bonchev–Trinajstić information content (AvgIpc) is 0.785. The molecule has 15 aromatic rings. The van der Waals surface area contributed by atoms with Crippen LogP contribution < -0.4 is 26.2 Å². The van der Waals surface area contributed by atoms with Crippen molar-refractivity contribution >= 4 is 85.0 Å². The molecule has 0 atom stereocenters. The Bertz CT molecular complexity index is 5260. The maximum Gasteiger partial charge on any atom is 0.338 e. The topological polar surface area (TPSA) is 76.4 Å². The summed E-state index contributed by atoms with van der Waals surface area (Å²) < 4.78 is 8.25. The van der Waals surface area contributed by atoms with E-state index in [4.69, 9.17) is 19.7 Å². The number of aromatic nitrogens is 4. The molecule has 0 spiro atoms. The van der Waals surface area contributed by atoms with Crippen molar-refractivity contribution in [2.24, 2.45) is 0 Å². The monoisotopic (exact) mass is 1180 g/mol. The molecule has 0 N–H and O–H groups in total. The zero-order chi connectivity index (χ0) is 61.1. The standard InChI is InChI=1S/C83H55BN6O2/c91-83(92-54-55-25-6-1-7-26-55)62-47-49-73-69(53-62)67-39-16-19-44-72(67)90(73)78-65(40-24-41-68(78)82-86-80(56-27-8-2-9-28-56)85-81(87-82)57-29-10-3-11-30-57)60-33-22-31-58(51-60)59-32-23-34-61(52-59)66-48-50-76-77-79(66)89(64-37-14-5-15-38-64)75-46-21-18-43-71(75)84(77)70-42-17-20-45-74(70)88(76)63-35-12-4-13-36-63/h1-53H,54H2. The lowest BCUT2D eigenvalue weighted by Gasteiger charge is -2.45. The summed E-state index contributed by atoms with van der Waals surface area (Å²) in [6.45, 7) is 0.144. The first-order valence-corrected chi connectivity index (χ1v) is 31.1. The van der Waals surface area contributed by atoms with Crippen LogP contribution in [0, 0.1) is 0 Å². The molecule has 0 bridgehead atoms. The predicted molar refractivity (Wildman–Crippen MR) is 376 cm³/mol. The molecule has 0 unspecified atom stereocenters. The summed E-state index contributed by atoms with van der Waals surface area (Å²) in [5.74, 6) is 1.25. The molecule has 92 heavy (non-hydrogen) atoms. The van der Waals surface area contributed by atoms with E-state index in [2.05, 4.69) is 227 Å². The van der Waals surface area contributed by atoms with Gasteiger partial charge in [-0.15, -0.1) is 0 Å². The van der Waals surface area contributed by atoms with E-state index in [1.807, 2.05) is 109 Å². The summed E-state index contributed by atoms with van der Waals surface area (Å²) in [4.78, 5) is 34.8. The molecule has 0 radical (unpaired) electrons. The van der Waals surface area contributed by atoms with Gasteiger partial charge >= 0.3 is 5.97 Å². The molecule has 0 saturated carbocycles. The van der Waals surface area contributed by atoms with Crippen LogP contribution in [-0.2, 0) is 11.3 Å². The first-order chi connectivity index (χ1) is 45.6. The van der Waals surface area contributed by atoms with Gasteiger partial charge in [0.05, 0.1) is 28.0 Å². The van der Waals surface area contributed by atoms with Gasteiger partial charge in [0.2, 0.25) is 0 Å². The summed E-state index contributed by atoms with van der Waals surface area (Å²) in [6, 6.07) is 113. The van der Waals surface area contributed by atoms with Crippen molar-refractivity contribution in [1.82, 2.24) is 19.5 Å². The van der Waals surface area contributed by atoms with E-state index in [0.717, 1.165) is 112 Å². The molecular weight excluding hydrogens is 1120 g/mol. The minimum Gasteiger partial charge on any atom is -0.457 e. The number of nitrogens with zero attached hydrogens (tertiary/aromatic N) is 6. The highest BCUT2D eigenvalue weighted by Crippen LogP contribution is 2.49. The maximum atomic E-state index is 14.0. The molecule has 2 aromatic heterocycles. The summed E-state index contributed by atoms with van der Waals surface area (Å²) in [7, 11) is 0. The fraction of sp³-hybridized carbons (Fsp3) is 0.0120. The summed E-state index contributed by atoms with van der Waals surface area (Å²) in [5.41, 5.74) is 23.7. The Morgan fingerprint density at radius 3 is 1.47 bits per heavy atom. The highest BCUT2D eigenvalue weighted by atomic mass is 16.5. The molecule has 0 fully saturated rings. The molecular formula is C83H55BN6O2. The van der Waals surface area contributed by atoms with Crippen molar-refractivity contribution in [2.45, 2.75) is 6.61 Å². The fourth-order valence-corrected chi connectivity index (χ4v) is 13.9. The SMILES string of the molecule is O=C(OCc1ccccc1)c1ccc2c(c1)c1ccccc1n2-c1c(-c2cccc(-c3cccc(-c4ccc5c6c4N(c4ccccc4)c4ccccc4B6c4ccccc4N5c4ccccc4)c3)c2)cccc1-c1nc(-c2ccccc2)nc(-c2ccccc2)n1. The van der Waals surface area contributed by atoms with Gasteiger partial charge in [-0.25, -0.2) is 19.7 Å². The molecule has 8 nitrogen and oxygen atoms in total. The Balaban J connectivity index is 0.853. The van der Waals surface area contributed by atoms with Gasteiger partial charge in [-0.2, -0.15) is 0 Å². The highest BCUT2D eigenvalue weighted by Gasteiger charge is 2.44. The van der Waals surface area contributed by atoms with Crippen molar-refractivity contribution in [3.63, 3.8) is 0 Å². The van der Waals surface area contributed by atoms with Crippen LogP contribution in [0.15, 0.2) is 322 Å². The van der Waals surface area contributed by atoms with Crippen LogP contribution in [0.2, 0.25) is 0 Å². The minimum atomic E-state index is -0.392. The maximum absolute atomic E-state index is 14.0. The molecule has 0 aliphatic carbocycles. The van der Waals surface area contributed by atoms with E-state index in [0.29, 0.717) is 23.0 Å². The van der Waals surface area contributed by atoms with Crippen LogP contribution in [-0.4, -0.2) is 32.2 Å². The first-order valence-electron chi connectivity index (χ1n) is 31.1. The molecule has 0 saturated heterocycles. The second-order valence-electron chi connectivity index (χ2n) is 23.3. The molecule has 9 heteroatoms. The Hall–Kier alpha value is -12.2. The molecule has 0 amide bonds. The number of hydrogen-bond acceptors (Lipinski definition) is 7. The Morgan fingerprint density at radius 1 is 0.348 bits per heavy atom. The second kappa shape index (κ2) is 22.8. The van der Waals surface area contributed by atoms with E-state index in [-0.39, 0.29) is 13.3 Å². The Morgan fingerprint density at radius 2 is 0.826 bits per heavy atom. The van der Waals surface area contributed by atoms with Crippen molar-refractivity contribution in [3.05, 3.63) is 333 Å². The number of anilines is 6. The molecule has 4 heterocycles. The van der Waals surface area contributed by atoms with Gasteiger partial charge in [0.25, 0.3) is 6.71 Å². The van der Waals surface area contributed by atoms with Crippen LogP contribution in [0.1, 0.15) is 15.9 Å². The lowest BCUT2D eigenvalue weighted by molar-refractivity contribution is 0.0473. The van der Waals surface area contributed by atoms with Crippen LogP contribution >= 0.6 is 0 Å². The van der Waals surface area contributed by atoms with Crippen molar-refractivity contribution in [1.29, 1.82) is 0 Å². The van der Waals surface area contributed by atoms with Gasteiger partial charge < -0.3 is 19.1 Å². The fourth-order valence-electron chi connectivity index (χ4n) is 13.9. The largest absolute Gasteiger partial charge is 0.457 e. The van der Waals surface area contributed by atoms with Gasteiger partial charge in [0.1, 0.15) is 6.61 Å². The Labute approximate surface area is 533 Å². The number of ether oxygens (including phenoxy) is 1. The number of fused-ring (bicyclic) bond motifs is 7. The number of carbonyl (C=O) groups is 1. The number of rotatable bonds is 12. The van der Waals surface area contributed by atoms with Crippen molar-refractivity contribution < 1.29 is 9.53 Å². The van der Waals surface area contributed by atoms with Crippen molar-refractivity contribution in [3.8, 4) is 73.2 Å². The van der Waals surface area contributed by atoms with E-state index in [1.54, 1.807) is 0 Å². The van der Waals surface area contributed by atoms with Crippen LogP contribution in [0.5, 0.6) is 0 Å². The second-order valence-corrected chi connectivity index (χ2v) is 23.3. The molecule has 13 aromatic carbocycles. The predicted octanol–water partition coefficient (Wildman–Crippen LogP) is 18.4. The number of para-hydroxylation sites is 6. The highest BCUT2D eigenvalue weighted by molar-refractivity contribution is 7.00. The van der Waals surface area contributed by atoms with E-state index in [1.165, 1.54) is 22.1 Å². The van der Waals surface area contributed by atoms with Crippen molar-refractivity contribution in [2.75, 3.05) is 9.80 Å². The van der Waals surface area contributed by atoms with Crippen LogP contribution in [0.4, 0.5) is 34.1 Å². The third kappa shape index (κ3) is 9.33. The van der Waals surface area contributed by atoms with Gasteiger partial charge in [-0.05, 0) is 129 Å². The third-order valence-corrected chi connectivity index (χ3v) is 18.0. The van der Waals surface area contributed by atoms with E-state index < -0.39 is 5.97 Å². The Kier molecular flexibility index (Phi) is 13.4. The summed E-state index contributed by atoms with van der Waals surface area (Å²) in [6.07, 6.45) is 0. The average molecular weight is 1180 g/mol. The van der Waals surface area contributed by atoms with Gasteiger partial charge in [-0.1, -0.05) is 237 Å². The summed E-state index contributed by atoms with van der Waals surface area (Å²) >= 11 is 0. The quantitative estimate of drug-likeness (QED) is 0.0891. The molecule has 2 aliphatic heterocycles. The van der Waals surface area contributed by atoms with E-state index in [9.17, 15) is 4.79 Å². The molecule has 2 aliphatic rings. The number of benzene rings is 13. The summed E-state index contributed by atoms with van der Waals surface area (Å²) in [5, 5.41) is 1.89. The zero-order valence-electron chi connectivity index (χ0n) is 49.9. The van der Waals surface area contributed by atoms with Crippen LogP contribution in [0.25, 0.3) is 95.0 Å². The van der Waals surface area contributed by atoms with E-state index >= 15 is 0 Å². The number of carbonyl (C=O) groups excluding carboxylic acids is 1. The lowest BCUT2D eigenvalue weighted by Crippen LogP contribution is -2.61. The minimum absolute atomic E-state index is 0.0254. The third-order valence-electron chi connectivity index (χ3n) is 18.0. The molecule has 432 valence electrons. The van der Waals surface area contributed by atoms with Gasteiger partial charge in [0, 0.05) is 67.0 Å². The smallest absolute Gasteiger partial charge is 0.338 e. The normalized spacial score (nSPS) is 12.2. The number of esters is 1. The zero-order valence-corrected chi connectivity index (χ0v) is 49.9.